The number of ether oxygens (including phenoxy) is 1. The van der Waals surface area contributed by atoms with Gasteiger partial charge < -0.3 is 4.74 Å². The van der Waals surface area contributed by atoms with E-state index in [4.69, 9.17) is 11.6 Å². The van der Waals surface area contributed by atoms with Gasteiger partial charge in [-0.25, -0.2) is 13.6 Å². The topological polar surface area (TPSA) is 38.3 Å². The summed E-state index contributed by atoms with van der Waals surface area (Å²) in [6, 6.07) is 2.41. The monoisotopic (exact) mass is 221 g/mol. The molecule has 0 bridgehead atoms. The second kappa shape index (κ2) is 4.76. The molecule has 0 saturated carbocycles. The van der Waals surface area contributed by atoms with Gasteiger partial charge in [-0.2, -0.15) is 0 Å². The molecule has 0 aromatic heterocycles. The predicted octanol–water partition coefficient (Wildman–Crippen LogP) is 2.71. The molecule has 0 fully saturated rings. The lowest BCUT2D eigenvalue weighted by Crippen LogP contribution is -2.13. The number of rotatable bonds is 2. The van der Waals surface area contributed by atoms with Crippen LogP contribution in [0.4, 0.5) is 19.3 Å². The van der Waals surface area contributed by atoms with Crippen LogP contribution in [0.5, 0.6) is 0 Å². The third-order valence-electron chi connectivity index (χ3n) is 1.35. The third-order valence-corrected chi connectivity index (χ3v) is 1.46. The Bertz CT molecular complexity index is 346. The Hall–Kier alpha value is -1.36. The molecule has 0 aliphatic carbocycles. The minimum absolute atomic E-state index is 0.165. The van der Waals surface area contributed by atoms with Gasteiger partial charge in [-0.1, -0.05) is 11.6 Å². The summed E-state index contributed by atoms with van der Waals surface area (Å²) in [4.78, 5) is 10.8. The van der Waals surface area contributed by atoms with Gasteiger partial charge in [0.05, 0.1) is 5.69 Å². The summed E-state index contributed by atoms with van der Waals surface area (Å²) in [5.74, 6) is -1.60. The van der Waals surface area contributed by atoms with Gasteiger partial charge in [-0.05, 0) is 12.1 Å². The molecule has 0 heterocycles. The third kappa shape index (κ3) is 2.85. The molecule has 76 valence electrons. The van der Waals surface area contributed by atoms with Crippen molar-refractivity contribution in [1.29, 1.82) is 0 Å². The van der Waals surface area contributed by atoms with Crippen LogP contribution < -0.4 is 5.32 Å². The van der Waals surface area contributed by atoms with E-state index in [0.29, 0.717) is 6.07 Å². The minimum Gasteiger partial charge on any atom is -0.433 e. The average molecular weight is 222 g/mol. The standard InChI is InChI=1S/C8H6ClF2NO2/c9-4-14-8(13)12-7-2-1-5(10)3-6(7)11/h1-3H,4H2,(H,12,13). The van der Waals surface area contributed by atoms with E-state index in [1.54, 1.807) is 0 Å². The number of anilines is 1. The van der Waals surface area contributed by atoms with Crippen LogP contribution in [-0.4, -0.2) is 12.2 Å². The van der Waals surface area contributed by atoms with E-state index in [0.717, 1.165) is 12.1 Å². The van der Waals surface area contributed by atoms with Crippen LogP contribution in [0, 0.1) is 11.6 Å². The van der Waals surface area contributed by atoms with Crippen LogP contribution in [0.15, 0.2) is 18.2 Å². The summed E-state index contributed by atoms with van der Waals surface area (Å²) in [5, 5.41) is 2.05. The van der Waals surface area contributed by atoms with Gasteiger partial charge in [0.1, 0.15) is 11.6 Å². The maximum atomic E-state index is 12.9. The first-order valence-electron chi connectivity index (χ1n) is 3.58. The van der Waals surface area contributed by atoms with Crippen LogP contribution in [-0.2, 0) is 4.74 Å². The molecule has 0 spiro atoms. The fourth-order valence-electron chi connectivity index (χ4n) is 0.786. The summed E-state index contributed by atoms with van der Waals surface area (Å²) < 4.78 is 29.6. The van der Waals surface area contributed by atoms with E-state index in [2.05, 4.69) is 10.1 Å². The molecule has 1 rings (SSSR count). The van der Waals surface area contributed by atoms with Crippen molar-refractivity contribution in [3.8, 4) is 0 Å². The lowest BCUT2D eigenvalue weighted by molar-refractivity contribution is 0.180. The van der Waals surface area contributed by atoms with Crippen molar-refractivity contribution in [3.05, 3.63) is 29.8 Å². The first-order valence-corrected chi connectivity index (χ1v) is 4.11. The minimum atomic E-state index is -0.898. The molecule has 14 heavy (non-hydrogen) atoms. The number of carbonyl (C=O) groups excluding carboxylic acids is 1. The van der Waals surface area contributed by atoms with Crippen molar-refractivity contribution in [3.63, 3.8) is 0 Å². The molecule has 1 aromatic carbocycles. The lowest BCUT2D eigenvalue weighted by Gasteiger charge is -2.05. The van der Waals surface area contributed by atoms with Gasteiger partial charge in [0.15, 0.2) is 6.07 Å². The Kier molecular flexibility index (Phi) is 3.64. The normalized spacial score (nSPS) is 9.64. The number of hydrogen-bond donors (Lipinski definition) is 1. The number of nitrogens with one attached hydrogen (secondary N) is 1. The summed E-state index contributed by atoms with van der Waals surface area (Å²) in [6.45, 7) is 0. The quantitative estimate of drug-likeness (QED) is 0.780. The number of benzene rings is 1. The fraction of sp³-hybridized carbons (Fsp3) is 0.125. The second-order valence-electron chi connectivity index (χ2n) is 2.29. The highest BCUT2D eigenvalue weighted by atomic mass is 35.5. The van der Waals surface area contributed by atoms with Gasteiger partial charge >= 0.3 is 6.09 Å². The molecule has 6 heteroatoms. The summed E-state index contributed by atoms with van der Waals surface area (Å²) in [5.41, 5.74) is -0.165. The molecular weight excluding hydrogens is 216 g/mol. The van der Waals surface area contributed by atoms with E-state index in [-0.39, 0.29) is 11.8 Å². The van der Waals surface area contributed by atoms with Crippen LogP contribution in [0.2, 0.25) is 0 Å². The Morgan fingerprint density at radius 3 is 2.79 bits per heavy atom. The number of amides is 1. The van der Waals surface area contributed by atoms with Crippen LogP contribution in [0.1, 0.15) is 0 Å². The largest absolute Gasteiger partial charge is 0.433 e. The first-order chi connectivity index (χ1) is 6.63. The van der Waals surface area contributed by atoms with Crippen LogP contribution in [0.25, 0.3) is 0 Å². The molecule has 1 amide bonds. The van der Waals surface area contributed by atoms with Gasteiger partial charge in [0.2, 0.25) is 0 Å². The molecular formula is C8H6ClF2NO2. The Balaban J connectivity index is 2.72. The van der Waals surface area contributed by atoms with E-state index >= 15 is 0 Å². The first kappa shape index (κ1) is 10.7. The molecule has 1 aromatic rings. The van der Waals surface area contributed by atoms with Crippen molar-refractivity contribution >= 4 is 23.4 Å². The zero-order chi connectivity index (χ0) is 10.6. The molecule has 1 N–H and O–H groups in total. The molecule has 0 saturated heterocycles. The number of halogens is 3. The highest BCUT2D eigenvalue weighted by Gasteiger charge is 2.07. The number of carbonyl (C=O) groups is 1. The second-order valence-corrected chi connectivity index (χ2v) is 2.51. The van der Waals surface area contributed by atoms with E-state index in [1.807, 2.05) is 0 Å². The molecule has 0 aliphatic rings. The van der Waals surface area contributed by atoms with Gasteiger partial charge in [-0.3, -0.25) is 5.32 Å². The van der Waals surface area contributed by atoms with Crippen molar-refractivity contribution in [2.75, 3.05) is 11.4 Å². The van der Waals surface area contributed by atoms with Crippen molar-refractivity contribution < 1.29 is 18.3 Å². The van der Waals surface area contributed by atoms with Crippen molar-refractivity contribution in [2.24, 2.45) is 0 Å². The highest BCUT2D eigenvalue weighted by molar-refractivity contribution is 6.17. The maximum absolute atomic E-state index is 12.9. The Morgan fingerprint density at radius 1 is 1.50 bits per heavy atom. The summed E-state index contributed by atoms with van der Waals surface area (Å²) in [6.07, 6.45) is -0.898. The average Bonchev–Trinajstić information content (AvgIpc) is 2.10. The van der Waals surface area contributed by atoms with Crippen molar-refractivity contribution in [1.82, 2.24) is 0 Å². The molecule has 0 aliphatic heterocycles. The zero-order valence-electron chi connectivity index (χ0n) is 6.89. The van der Waals surface area contributed by atoms with E-state index < -0.39 is 17.7 Å². The Labute approximate surface area is 83.6 Å². The lowest BCUT2D eigenvalue weighted by atomic mass is 10.3. The van der Waals surface area contributed by atoms with Gasteiger partial charge in [0.25, 0.3) is 0 Å². The van der Waals surface area contributed by atoms with Crippen molar-refractivity contribution in [2.45, 2.75) is 0 Å². The SMILES string of the molecule is O=C(Nc1ccc(F)cc1F)OCCl. The maximum Gasteiger partial charge on any atom is 0.412 e. The molecule has 0 unspecified atom stereocenters. The summed E-state index contributed by atoms with van der Waals surface area (Å²) >= 11 is 5.09. The zero-order valence-corrected chi connectivity index (χ0v) is 7.65. The van der Waals surface area contributed by atoms with E-state index in [9.17, 15) is 13.6 Å². The van der Waals surface area contributed by atoms with Crippen LogP contribution >= 0.6 is 11.6 Å². The molecule has 0 radical (unpaired) electrons. The van der Waals surface area contributed by atoms with E-state index in [1.165, 1.54) is 0 Å². The number of hydrogen-bond acceptors (Lipinski definition) is 2. The Morgan fingerprint density at radius 2 is 2.21 bits per heavy atom. The van der Waals surface area contributed by atoms with Gasteiger partial charge in [0, 0.05) is 6.07 Å². The number of alkyl halides is 1. The fourth-order valence-corrected chi connectivity index (χ4v) is 0.886. The predicted molar refractivity (Wildman–Crippen MR) is 47.2 cm³/mol. The smallest absolute Gasteiger partial charge is 0.412 e. The molecule has 0 atom stereocenters. The summed E-state index contributed by atoms with van der Waals surface area (Å²) in [7, 11) is 0. The highest BCUT2D eigenvalue weighted by Crippen LogP contribution is 2.14. The molecule has 3 nitrogen and oxygen atoms in total. The van der Waals surface area contributed by atoms with Gasteiger partial charge in [-0.15, -0.1) is 0 Å². The van der Waals surface area contributed by atoms with Crippen LogP contribution in [0.3, 0.4) is 0 Å².